The van der Waals surface area contributed by atoms with E-state index in [0.717, 1.165) is 19.3 Å². The van der Waals surface area contributed by atoms with Crippen molar-refractivity contribution in [1.29, 1.82) is 0 Å². The maximum Gasteiger partial charge on any atom is 0.271 e. The first-order valence-corrected chi connectivity index (χ1v) is 8.61. The van der Waals surface area contributed by atoms with Crippen molar-refractivity contribution >= 4 is 21.8 Å². The van der Waals surface area contributed by atoms with Gasteiger partial charge in [-0.15, -0.1) is 0 Å². The number of hydrogen-bond acceptors (Lipinski definition) is 4. The van der Waals surface area contributed by atoms with E-state index in [2.05, 4.69) is 31.2 Å². The van der Waals surface area contributed by atoms with E-state index in [1.54, 1.807) is 12.1 Å². The molecular weight excluding hydrogens is 377 g/mol. The Morgan fingerprint density at radius 2 is 1.96 bits per heavy atom. The molecule has 3 rings (SSSR count). The summed E-state index contributed by atoms with van der Waals surface area (Å²) in [5, 5.41) is 12.8. The Hall–Kier alpha value is -1.86. The molecule has 7 heteroatoms. The van der Waals surface area contributed by atoms with Crippen molar-refractivity contribution < 1.29 is 14.3 Å². The lowest BCUT2D eigenvalue weighted by Gasteiger charge is -2.28. The third-order valence-electron chi connectivity index (χ3n) is 4.12. The molecule has 1 fully saturated rings. The van der Waals surface area contributed by atoms with Crippen molar-refractivity contribution in [2.45, 2.75) is 37.8 Å². The van der Waals surface area contributed by atoms with Crippen LogP contribution in [0.25, 0.3) is 11.3 Å². The van der Waals surface area contributed by atoms with Crippen LogP contribution in [0.4, 0.5) is 4.39 Å². The van der Waals surface area contributed by atoms with Gasteiger partial charge in [0, 0.05) is 5.56 Å². The quantitative estimate of drug-likeness (QED) is 0.839. The van der Waals surface area contributed by atoms with Gasteiger partial charge in [-0.1, -0.05) is 12.8 Å². The second-order valence-corrected chi connectivity index (χ2v) is 6.58. The van der Waals surface area contributed by atoms with E-state index >= 15 is 0 Å². The molecule has 1 aliphatic rings. The van der Waals surface area contributed by atoms with Gasteiger partial charge in [-0.3, -0.25) is 4.79 Å². The lowest BCUT2D eigenvalue weighted by atomic mass is 9.92. The monoisotopic (exact) mass is 393 g/mol. The maximum absolute atomic E-state index is 13.1. The zero-order chi connectivity index (χ0) is 17.1. The molecule has 1 aromatic carbocycles. The van der Waals surface area contributed by atoms with Crippen LogP contribution in [0.3, 0.4) is 0 Å². The molecule has 1 amide bonds. The fourth-order valence-corrected chi connectivity index (χ4v) is 3.22. The van der Waals surface area contributed by atoms with E-state index in [1.165, 1.54) is 18.3 Å². The van der Waals surface area contributed by atoms with Crippen molar-refractivity contribution in [1.82, 2.24) is 15.3 Å². The molecule has 1 aromatic heterocycles. The van der Waals surface area contributed by atoms with E-state index in [0.29, 0.717) is 22.3 Å². The Labute approximate surface area is 147 Å². The van der Waals surface area contributed by atoms with Crippen LogP contribution in [0, 0.1) is 5.82 Å². The van der Waals surface area contributed by atoms with Gasteiger partial charge < -0.3 is 10.4 Å². The number of carbonyl (C=O) groups is 1. The van der Waals surface area contributed by atoms with E-state index in [1.807, 2.05) is 0 Å². The number of aliphatic hydroxyl groups excluding tert-OH is 1. The number of benzene rings is 1. The molecule has 0 spiro atoms. The number of aromatic nitrogens is 2. The molecular formula is C17H17BrFN3O2. The Morgan fingerprint density at radius 1 is 1.25 bits per heavy atom. The summed E-state index contributed by atoms with van der Waals surface area (Å²) in [6.45, 7) is 0. The average molecular weight is 394 g/mol. The Kier molecular flexibility index (Phi) is 5.20. The predicted molar refractivity (Wildman–Crippen MR) is 90.9 cm³/mol. The first-order valence-electron chi connectivity index (χ1n) is 7.82. The molecule has 126 valence electrons. The summed E-state index contributed by atoms with van der Waals surface area (Å²) in [4.78, 5) is 20.9. The molecule has 2 aromatic rings. The van der Waals surface area contributed by atoms with E-state index in [-0.39, 0.29) is 23.5 Å². The van der Waals surface area contributed by atoms with Gasteiger partial charge in [0.2, 0.25) is 0 Å². The Bertz CT molecular complexity index is 739. The minimum atomic E-state index is -0.525. The van der Waals surface area contributed by atoms with Crippen molar-refractivity contribution in [2.75, 3.05) is 0 Å². The van der Waals surface area contributed by atoms with E-state index < -0.39 is 6.10 Å². The van der Waals surface area contributed by atoms with Gasteiger partial charge >= 0.3 is 0 Å². The van der Waals surface area contributed by atoms with Gasteiger partial charge in [-0.05, 0) is 53.0 Å². The summed E-state index contributed by atoms with van der Waals surface area (Å²) in [7, 11) is 0. The standard InChI is InChI=1S/C17H17BrFN3O2/c18-16-15(10-5-7-11(19)8-6-10)21-13(9-20-16)17(24)22-12-3-1-2-4-14(12)23/h5-9,12,14,23H,1-4H2,(H,22,24)/t12-,14-/m1/s1. The number of nitrogens with zero attached hydrogens (tertiary/aromatic N) is 2. The smallest absolute Gasteiger partial charge is 0.271 e. The van der Waals surface area contributed by atoms with Crippen LogP contribution >= 0.6 is 15.9 Å². The SMILES string of the molecule is O=C(N[C@@H]1CCCC[C@H]1O)c1cnc(Br)c(-c2ccc(F)cc2)n1. The van der Waals surface area contributed by atoms with Crippen LogP contribution in [-0.4, -0.2) is 33.1 Å². The first kappa shape index (κ1) is 17.0. The largest absolute Gasteiger partial charge is 0.391 e. The number of nitrogens with one attached hydrogen (secondary N) is 1. The van der Waals surface area contributed by atoms with Crippen molar-refractivity contribution in [3.63, 3.8) is 0 Å². The Balaban J connectivity index is 1.82. The van der Waals surface area contributed by atoms with Crippen LogP contribution < -0.4 is 5.32 Å². The topological polar surface area (TPSA) is 75.1 Å². The highest BCUT2D eigenvalue weighted by atomic mass is 79.9. The van der Waals surface area contributed by atoms with Crippen LogP contribution in [0.1, 0.15) is 36.2 Å². The third-order valence-corrected chi connectivity index (χ3v) is 4.70. The summed E-state index contributed by atoms with van der Waals surface area (Å²) < 4.78 is 13.5. The lowest BCUT2D eigenvalue weighted by Crippen LogP contribution is -2.45. The van der Waals surface area contributed by atoms with Gasteiger partial charge in [0.15, 0.2) is 0 Å². The van der Waals surface area contributed by atoms with Gasteiger partial charge in [-0.2, -0.15) is 0 Å². The molecule has 1 aliphatic carbocycles. The molecule has 0 aliphatic heterocycles. The van der Waals surface area contributed by atoms with Crippen LogP contribution in [0.15, 0.2) is 35.1 Å². The molecule has 5 nitrogen and oxygen atoms in total. The fourth-order valence-electron chi connectivity index (χ4n) is 2.80. The number of halogens is 2. The summed E-state index contributed by atoms with van der Waals surface area (Å²) in [5.41, 5.74) is 1.28. The van der Waals surface area contributed by atoms with Gasteiger partial charge in [0.05, 0.1) is 18.3 Å². The highest BCUT2D eigenvalue weighted by Crippen LogP contribution is 2.25. The third kappa shape index (κ3) is 3.79. The molecule has 24 heavy (non-hydrogen) atoms. The summed E-state index contributed by atoms with van der Waals surface area (Å²) in [5.74, 6) is -0.715. The van der Waals surface area contributed by atoms with E-state index in [9.17, 15) is 14.3 Å². The van der Waals surface area contributed by atoms with Crippen molar-refractivity contribution in [3.8, 4) is 11.3 Å². The predicted octanol–water partition coefficient (Wildman–Crippen LogP) is 3.08. The minimum absolute atomic E-state index is 0.162. The number of hydrogen-bond donors (Lipinski definition) is 2. The van der Waals surface area contributed by atoms with Gasteiger partial charge in [0.25, 0.3) is 5.91 Å². The highest BCUT2D eigenvalue weighted by Gasteiger charge is 2.25. The maximum atomic E-state index is 13.1. The second kappa shape index (κ2) is 7.36. The van der Waals surface area contributed by atoms with Crippen LogP contribution in [0.2, 0.25) is 0 Å². The zero-order valence-electron chi connectivity index (χ0n) is 12.9. The second-order valence-electron chi connectivity index (χ2n) is 5.83. The normalized spacial score (nSPS) is 20.6. The van der Waals surface area contributed by atoms with Gasteiger partial charge in [0.1, 0.15) is 21.8 Å². The lowest BCUT2D eigenvalue weighted by molar-refractivity contribution is 0.0713. The van der Waals surface area contributed by atoms with Crippen molar-refractivity contribution in [2.24, 2.45) is 0 Å². The number of aliphatic hydroxyl groups is 1. The molecule has 1 saturated carbocycles. The number of carbonyl (C=O) groups excluding carboxylic acids is 1. The van der Waals surface area contributed by atoms with Crippen molar-refractivity contribution in [3.05, 3.63) is 46.6 Å². The molecule has 0 radical (unpaired) electrons. The highest BCUT2D eigenvalue weighted by molar-refractivity contribution is 9.10. The summed E-state index contributed by atoms with van der Waals surface area (Å²) in [6, 6.07) is 5.56. The molecule has 0 unspecified atom stereocenters. The molecule has 1 heterocycles. The molecule has 2 N–H and O–H groups in total. The Morgan fingerprint density at radius 3 is 2.67 bits per heavy atom. The fraction of sp³-hybridized carbons (Fsp3) is 0.353. The summed E-state index contributed by atoms with van der Waals surface area (Å²) >= 11 is 3.30. The zero-order valence-corrected chi connectivity index (χ0v) is 14.5. The van der Waals surface area contributed by atoms with E-state index in [4.69, 9.17) is 0 Å². The molecule has 0 bridgehead atoms. The van der Waals surface area contributed by atoms with Crippen LogP contribution in [-0.2, 0) is 0 Å². The molecule has 0 saturated heterocycles. The summed E-state index contributed by atoms with van der Waals surface area (Å²) in [6.07, 6.45) is 4.25. The first-order chi connectivity index (χ1) is 11.5. The van der Waals surface area contributed by atoms with Crippen LogP contribution in [0.5, 0.6) is 0 Å². The average Bonchev–Trinajstić information content (AvgIpc) is 2.58. The van der Waals surface area contributed by atoms with Gasteiger partial charge in [-0.25, -0.2) is 14.4 Å². The number of rotatable bonds is 3. The number of amides is 1. The molecule has 2 atom stereocenters. The minimum Gasteiger partial charge on any atom is -0.391 e.